The Hall–Kier alpha value is -2.81. The molecule has 0 radical (unpaired) electrons. The van der Waals surface area contributed by atoms with Crippen molar-refractivity contribution in [2.45, 2.75) is 23.8 Å². The number of H-pyrrole nitrogens is 1. The third-order valence-corrected chi connectivity index (χ3v) is 5.67. The van der Waals surface area contributed by atoms with E-state index in [2.05, 4.69) is 4.98 Å². The molecule has 9 heteroatoms. The molecule has 2 aromatic rings. The molecule has 0 bridgehead atoms. The van der Waals surface area contributed by atoms with E-state index in [1.54, 1.807) is 23.1 Å². The lowest BCUT2D eigenvalue weighted by molar-refractivity contribution is 0.114. The van der Waals surface area contributed by atoms with Gasteiger partial charge in [0.25, 0.3) is 5.56 Å². The lowest BCUT2D eigenvalue weighted by Crippen LogP contribution is -2.44. The number of carbonyl (C=O) groups is 1. The average Bonchev–Trinajstić information content (AvgIpc) is 2.62. The fourth-order valence-electron chi connectivity index (χ4n) is 3.07. The van der Waals surface area contributed by atoms with Crippen LogP contribution < -0.4 is 16.0 Å². The maximum Gasteiger partial charge on any atom is 0.314 e. The monoisotopic (exact) mass is 391 g/mol. The first-order valence-corrected chi connectivity index (χ1v) is 10.4. The largest absolute Gasteiger partial charge is 0.489 e. The van der Waals surface area contributed by atoms with Gasteiger partial charge in [-0.2, -0.15) is 0 Å². The van der Waals surface area contributed by atoms with Crippen LogP contribution >= 0.6 is 0 Å². The van der Waals surface area contributed by atoms with Crippen molar-refractivity contribution in [1.82, 2.24) is 9.88 Å². The highest BCUT2D eigenvalue weighted by Crippen LogP contribution is 2.29. The smallest absolute Gasteiger partial charge is 0.314 e. The van der Waals surface area contributed by atoms with Gasteiger partial charge in [-0.1, -0.05) is 12.1 Å². The number of pyridine rings is 1. The summed E-state index contributed by atoms with van der Waals surface area (Å²) in [6, 6.07) is 7.32. The van der Waals surface area contributed by atoms with Crippen LogP contribution in [0.3, 0.4) is 0 Å². The zero-order valence-corrected chi connectivity index (χ0v) is 15.7. The molecule has 2 heterocycles. The third-order valence-electron chi connectivity index (χ3n) is 4.54. The van der Waals surface area contributed by atoms with Crippen LogP contribution in [0.4, 0.5) is 4.79 Å². The van der Waals surface area contributed by atoms with Crippen LogP contribution in [-0.4, -0.2) is 49.8 Å². The molecule has 1 saturated heterocycles. The lowest BCUT2D eigenvalue weighted by atomic mass is 10.1. The summed E-state index contributed by atoms with van der Waals surface area (Å²) in [5.74, 6) is 0.420. The number of benzene rings is 1. The second-order valence-corrected chi connectivity index (χ2v) is 8.50. The number of likely N-dealkylation sites (tertiary alicyclic amines) is 1. The van der Waals surface area contributed by atoms with Crippen LogP contribution in [0.2, 0.25) is 0 Å². The Morgan fingerprint density at radius 2 is 1.81 bits per heavy atom. The maximum absolute atomic E-state index is 12.4. The zero-order valence-electron chi connectivity index (χ0n) is 14.8. The molecule has 144 valence electrons. The molecule has 1 fully saturated rings. The zero-order chi connectivity index (χ0) is 19.6. The van der Waals surface area contributed by atoms with E-state index in [1.165, 1.54) is 18.3 Å². The molecule has 1 aliphatic rings. The molecular formula is C18H21N3O5S. The van der Waals surface area contributed by atoms with E-state index in [1.807, 2.05) is 0 Å². The van der Waals surface area contributed by atoms with Crippen molar-refractivity contribution >= 4 is 15.9 Å². The standard InChI is InChI=1S/C18H21N3O5S/c1-27(24,25)14-4-2-12(3-5-14)16-15(6-9-20-17(16)22)26-13-7-10-21(11-8-13)18(19)23/h2-6,9,13H,7-8,10-11H2,1H3,(H2,19,23)(H,20,22). The van der Waals surface area contributed by atoms with Gasteiger partial charge in [0.2, 0.25) is 0 Å². The van der Waals surface area contributed by atoms with Crippen LogP contribution in [-0.2, 0) is 9.84 Å². The van der Waals surface area contributed by atoms with E-state index in [0.29, 0.717) is 42.8 Å². The van der Waals surface area contributed by atoms with Crippen LogP contribution in [0, 0.1) is 0 Å². The van der Waals surface area contributed by atoms with Gasteiger partial charge >= 0.3 is 6.03 Å². The molecule has 2 amide bonds. The maximum atomic E-state index is 12.4. The number of rotatable bonds is 4. The summed E-state index contributed by atoms with van der Waals surface area (Å²) in [6.07, 6.45) is 3.72. The Morgan fingerprint density at radius 3 is 2.37 bits per heavy atom. The molecule has 3 rings (SSSR count). The molecule has 8 nitrogen and oxygen atoms in total. The van der Waals surface area contributed by atoms with Crippen molar-refractivity contribution in [3.05, 3.63) is 46.9 Å². The minimum atomic E-state index is -3.32. The summed E-state index contributed by atoms with van der Waals surface area (Å²) in [6.45, 7) is 1.00. The molecule has 0 unspecified atom stereocenters. The summed E-state index contributed by atoms with van der Waals surface area (Å²) in [4.78, 5) is 28.0. The van der Waals surface area contributed by atoms with E-state index in [4.69, 9.17) is 10.5 Å². The summed E-state index contributed by atoms with van der Waals surface area (Å²) in [5.41, 5.74) is 5.87. The Labute approximate surface area is 156 Å². The molecule has 1 aliphatic heterocycles. The van der Waals surface area contributed by atoms with E-state index < -0.39 is 15.9 Å². The molecule has 0 atom stereocenters. The topological polar surface area (TPSA) is 123 Å². The number of nitrogens with two attached hydrogens (primary N) is 1. The first kappa shape index (κ1) is 19.0. The molecular weight excluding hydrogens is 370 g/mol. The van der Waals surface area contributed by atoms with Crippen LogP contribution in [0.25, 0.3) is 11.1 Å². The SMILES string of the molecule is CS(=O)(=O)c1ccc(-c2c(OC3CCN(C(N)=O)CC3)cc[nH]c2=O)cc1. The van der Waals surface area contributed by atoms with E-state index >= 15 is 0 Å². The number of carbonyl (C=O) groups excluding carboxylic acids is 1. The normalized spacial score (nSPS) is 15.5. The second kappa shape index (κ2) is 7.43. The number of aromatic nitrogens is 1. The van der Waals surface area contributed by atoms with E-state index in [-0.39, 0.29) is 16.6 Å². The van der Waals surface area contributed by atoms with E-state index in [9.17, 15) is 18.0 Å². The van der Waals surface area contributed by atoms with Crippen molar-refractivity contribution in [2.24, 2.45) is 5.73 Å². The molecule has 0 saturated carbocycles. The lowest BCUT2D eigenvalue weighted by Gasteiger charge is -2.31. The highest BCUT2D eigenvalue weighted by molar-refractivity contribution is 7.90. The Bertz CT molecular complexity index is 990. The molecule has 0 spiro atoms. The summed E-state index contributed by atoms with van der Waals surface area (Å²) in [7, 11) is -3.32. The van der Waals surface area contributed by atoms with Gasteiger partial charge in [0.05, 0.1) is 10.5 Å². The number of piperidine rings is 1. The highest BCUT2D eigenvalue weighted by atomic mass is 32.2. The first-order chi connectivity index (χ1) is 12.8. The van der Waals surface area contributed by atoms with Crippen molar-refractivity contribution in [3.8, 4) is 16.9 Å². The number of aromatic amines is 1. The number of urea groups is 1. The number of ether oxygens (including phenoxy) is 1. The molecule has 27 heavy (non-hydrogen) atoms. The quantitative estimate of drug-likeness (QED) is 0.815. The van der Waals surface area contributed by atoms with Gasteiger partial charge < -0.3 is 20.4 Å². The Morgan fingerprint density at radius 1 is 1.19 bits per heavy atom. The fourth-order valence-corrected chi connectivity index (χ4v) is 3.70. The average molecular weight is 391 g/mol. The second-order valence-electron chi connectivity index (χ2n) is 6.49. The number of primary amides is 1. The summed E-state index contributed by atoms with van der Waals surface area (Å²) >= 11 is 0. The van der Waals surface area contributed by atoms with Gasteiger partial charge in [-0.3, -0.25) is 4.79 Å². The Balaban J connectivity index is 1.85. The van der Waals surface area contributed by atoms with Crippen LogP contribution in [0.15, 0.2) is 46.2 Å². The molecule has 3 N–H and O–H groups in total. The molecule has 1 aromatic heterocycles. The van der Waals surface area contributed by atoms with Crippen LogP contribution in [0.1, 0.15) is 12.8 Å². The minimum absolute atomic E-state index is 0.142. The van der Waals surface area contributed by atoms with Gasteiger partial charge in [-0.15, -0.1) is 0 Å². The molecule has 0 aliphatic carbocycles. The van der Waals surface area contributed by atoms with Crippen molar-refractivity contribution in [3.63, 3.8) is 0 Å². The Kier molecular flexibility index (Phi) is 5.22. The number of hydrogen-bond donors (Lipinski definition) is 2. The van der Waals surface area contributed by atoms with Gasteiger partial charge in [-0.25, -0.2) is 13.2 Å². The highest BCUT2D eigenvalue weighted by Gasteiger charge is 2.24. The van der Waals surface area contributed by atoms with Crippen molar-refractivity contribution in [1.29, 1.82) is 0 Å². The van der Waals surface area contributed by atoms with Crippen molar-refractivity contribution in [2.75, 3.05) is 19.3 Å². The fraction of sp³-hybridized carbons (Fsp3) is 0.333. The van der Waals surface area contributed by atoms with Crippen LogP contribution in [0.5, 0.6) is 5.75 Å². The number of sulfone groups is 1. The number of nitrogens with zero attached hydrogens (tertiary/aromatic N) is 1. The van der Waals surface area contributed by atoms with Crippen molar-refractivity contribution < 1.29 is 17.9 Å². The predicted octanol–water partition coefficient (Wildman–Crippen LogP) is 1.37. The van der Waals surface area contributed by atoms with Gasteiger partial charge in [0, 0.05) is 38.4 Å². The van der Waals surface area contributed by atoms with Gasteiger partial charge in [0.15, 0.2) is 9.84 Å². The third kappa shape index (κ3) is 4.30. The van der Waals surface area contributed by atoms with E-state index in [0.717, 1.165) is 6.26 Å². The van der Waals surface area contributed by atoms with Gasteiger partial charge in [0.1, 0.15) is 11.9 Å². The number of nitrogens with one attached hydrogen (secondary N) is 1. The molecule has 1 aromatic carbocycles. The number of amides is 2. The van der Waals surface area contributed by atoms with Gasteiger partial charge in [-0.05, 0) is 23.8 Å². The minimum Gasteiger partial charge on any atom is -0.489 e. The predicted molar refractivity (Wildman–Crippen MR) is 100 cm³/mol. The summed E-state index contributed by atoms with van der Waals surface area (Å²) < 4.78 is 29.3. The first-order valence-electron chi connectivity index (χ1n) is 8.49. The number of hydrogen-bond acceptors (Lipinski definition) is 5. The summed E-state index contributed by atoms with van der Waals surface area (Å²) in [5, 5.41) is 0.